The number of nitrogens with zero attached hydrogens (tertiary/aromatic N) is 2. The van der Waals surface area contributed by atoms with Crippen molar-refractivity contribution in [3.05, 3.63) is 89.1 Å². The Morgan fingerprint density at radius 2 is 2.08 bits per heavy atom. The van der Waals surface area contributed by atoms with Gasteiger partial charge in [-0.05, 0) is 55.0 Å². The first kappa shape index (κ1) is 24.8. The predicted molar refractivity (Wildman–Crippen MR) is 141 cm³/mol. The molecular formula is C28H26FN3O4S. The van der Waals surface area contributed by atoms with Crippen LogP contribution in [0, 0.1) is 5.82 Å². The molecule has 0 saturated heterocycles. The molecule has 0 aliphatic carbocycles. The van der Waals surface area contributed by atoms with Crippen molar-refractivity contribution in [2.75, 3.05) is 18.1 Å². The highest BCUT2D eigenvalue weighted by Gasteiger charge is 2.26. The third kappa shape index (κ3) is 5.61. The van der Waals surface area contributed by atoms with Crippen molar-refractivity contribution < 1.29 is 23.4 Å². The third-order valence-electron chi connectivity index (χ3n) is 5.98. The van der Waals surface area contributed by atoms with Gasteiger partial charge < -0.3 is 19.9 Å². The van der Waals surface area contributed by atoms with E-state index >= 15 is 0 Å². The zero-order valence-corrected chi connectivity index (χ0v) is 21.1. The summed E-state index contributed by atoms with van der Waals surface area (Å²) in [6, 6.07) is 16.2. The Morgan fingerprint density at radius 3 is 2.95 bits per heavy atom. The molecule has 0 saturated carbocycles. The fraction of sp³-hybridized carbons (Fsp3) is 0.250. The third-order valence-corrected chi connectivity index (χ3v) is 7.27. The summed E-state index contributed by atoms with van der Waals surface area (Å²) in [7, 11) is 0. The first-order chi connectivity index (χ1) is 18.0. The van der Waals surface area contributed by atoms with E-state index < -0.39 is 5.82 Å². The van der Waals surface area contributed by atoms with Crippen molar-refractivity contribution in [1.29, 1.82) is 0 Å². The van der Waals surface area contributed by atoms with E-state index in [2.05, 4.69) is 9.97 Å². The summed E-state index contributed by atoms with van der Waals surface area (Å²) in [5.74, 6) is 1.33. The number of halogens is 1. The average Bonchev–Trinajstić information content (AvgIpc) is 3.05. The van der Waals surface area contributed by atoms with Gasteiger partial charge in [-0.3, -0.25) is 9.78 Å². The molecule has 0 fully saturated rings. The molecule has 3 heterocycles. The van der Waals surface area contributed by atoms with Crippen LogP contribution in [0.5, 0.6) is 11.5 Å². The molecule has 0 amide bonds. The van der Waals surface area contributed by atoms with Gasteiger partial charge in [0.05, 0.1) is 40.9 Å². The SMILES string of the molecule is CCOC(=O)CCSC1c2cc(OCc3ccc4cc(F)c(N)cc4n3)ccc2OCc2ncccc21. The highest BCUT2D eigenvalue weighted by molar-refractivity contribution is 7.99. The van der Waals surface area contributed by atoms with Gasteiger partial charge in [0.1, 0.15) is 30.5 Å². The second-order valence-electron chi connectivity index (χ2n) is 8.49. The minimum absolute atomic E-state index is 0.0603. The van der Waals surface area contributed by atoms with E-state index in [4.69, 9.17) is 19.9 Å². The minimum atomic E-state index is -0.461. The van der Waals surface area contributed by atoms with Crippen molar-refractivity contribution >= 4 is 34.3 Å². The summed E-state index contributed by atoms with van der Waals surface area (Å²) in [5, 5.41) is 0.587. The van der Waals surface area contributed by atoms with Crippen molar-refractivity contribution in [3.63, 3.8) is 0 Å². The van der Waals surface area contributed by atoms with Crippen LogP contribution < -0.4 is 15.2 Å². The molecule has 1 aliphatic rings. The van der Waals surface area contributed by atoms with E-state index in [1.54, 1.807) is 37.0 Å². The van der Waals surface area contributed by atoms with Gasteiger partial charge in [-0.15, -0.1) is 11.8 Å². The number of nitrogen functional groups attached to an aromatic ring is 1. The zero-order chi connectivity index (χ0) is 25.8. The highest BCUT2D eigenvalue weighted by Crippen LogP contribution is 2.45. The standard InChI is InChI=1S/C28H26FN3O4S/c1-2-34-27(33)9-11-37-28-20-4-3-10-31-25(20)16-36-26-8-7-19(13-21(26)28)35-15-18-6-5-17-12-22(29)23(30)14-24(17)32-18/h3-8,10,12-14,28H,2,9,11,15-16,30H2,1H3. The predicted octanol–water partition coefficient (Wildman–Crippen LogP) is 5.60. The van der Waals surface area contributed by atoms with Crippen LogP contribution in [-0.2, 0) is 22.7 Å². The monoisotopic (exact) mass is 519 g/mol. The van der Waals surface area contributed by atoms with Crippen molar-refractivity contribution in [1.82, 2.24) is 9.97 Å². The number of hydrogen-bond acceptors (Lipinski definition) is 8. The van der Waals surface area contributed by atoms with Crippen LogP contribution in [0.25, 0.3) is 10.9 Å². The number of pyridine rings is 2. The Hall–Kier alpha value is -3.85. The molecule has 9 heteroatoms. The van der Waals surface area contributed by atoms with Crippen LogP contribution in [0.3, 0.4) is 0 Å². The van der Waals surface area contributed by atoms with E-state index in [0.29, 0.717) is 47.7 Å². The maximum absolute atomic E-state index is 13.7. The van der Waals surface area contributed by atoms with Gasteiger partial charge in [0, 0.05) is 22.9 Å². The number of fused-ring (bicyclic) bond motifs is 3. The molecule has 7 nitrogen and oxygen atoms in total. The fourth-order valence-electron chi connectivity index (χ4n) is 4.19. The summed E-state index contributed by atoms with van der Waals surface area (Å²) in [5.41, 5.74) is 9.93. The summed E-state index contributed by atoms with van der Waals surface area (Å²) >= 11 is 1.65. The maximum atomic E-state index is 13.7. The number of ether oxygens (including phenoxy) is 3. The van der Waals surface area contributed by atoms with E-state index in [1.165, 1.54) is 12.1 Å². The molecule has 0 spiro atoms. The number of aromatic nitrogens is 2. The quantitative estimate of drug-likeness (QED) is 0.237. The summed E-state index contributed by atoms with van der Waals surface area (Å²) in [4.78, 5) is 21.0. The number of rotatable bonds is 8. The second kappa shape index (κ2) is 11.0. The molecule has 37 heavy (non-hydrogen) atoms. The van der Waals surface area contributed by atoms with Gasteiger partial charge in [-0.25, -0.2) is 9.37 Å². The van der Waals surface area contributed by atoms with Crippen LogP contribution >= 0.6 is 11.8 Å². The van der Waals surface area contributed by atoms with Gasteiger partial charge >= 0.3 is 5.97 Å². The average molecular weight is 520 g/mol. The Morgan fingerprint density at radius 1 is 1.19 bits per heavy atom. The molecule has 190 valence electrons. The van der Waals surface area contributed by atoms with Gasteiger partial charge in [-0.1, -0.05) is 12.1 Å². The van der Waals surface area contributed by atoms with E-state index in [0.717, 1.165) is 22.6 Å². The smallest absolute Gasteiger partial charge is 0.306 e. The van der Waals surface area contributed by atoms with Gasteiger partial charge in [0.15, 0.2) is 0 Å². The zero-order valence-electron chi connectivity index (χ0n) is 20.3. The summed E-state index contributed by atoms with van der Waals surface area (Å²) < 4.78 is 31.0. The van der Waals surface area contributed by atoms with Crippen LogP contribution in [-0.4, -0.2) is 28.3 Å². The first-order valence-electron chi connectivity index (χ1n) is 12.0. The molecule has 0 bridgehead atoms. The number of thioether (sulfide) groups is 1. The van der Waals surface area contributed by atoms with Gasteiger partial charge in [0.25, 0.3) is 0 Å². The normalized spacial score (nSPS) is 14.3. The number of carbonyl (C=O) groups is 1. The minimum Gasteiger partial charge on any atom is -0.487 e. The van der Waals surface area contributed by atoms with Crippen molar-refractivity contribution in [3.8, 4) is 11.5 Å². The van der Waals surface area contributed by atoms with Crippen molar-refractivity contribution in [2.24, 2.45) is 0 Å². The molecule has 1 aliphatic heterocycles. The number of carbonyl (C=O) groups excluding carboxylic acids is 1. The lowest BCUT2D eigenvalue weighted by Gasteiger charge is -2.19. The number of esters is 1. The van der Waals surface area contributed by atoms with Gasteiger partial charge in [-0.2, -0.15) is 0 Å². The molecule has 2 aromatic carbocycles. The lowest BCUT2D eigenvalue weighted by molar-refractivity contribution is -0.142. The van der Waals surface area contributed by atoms with Crippen LogP contribution in [0.1, 0.15) is 41.1 Å². The number of nitrogens with two attached hydrogens (primary N) is 1. The first-order valence-corrected chi connectivity index (χ1v) is 13.0. The Balaban J connectivity index is 1.38. The van der Waals surface area contributed by atoms with Crippen LogP contribution in [0.2, 0.25) is 0 Å². The van der Waals surface area contributed by atoms with Crippen molar-refractivity contribution in [2.45, 2.75) is 31.8 Å². The molecule has 4 aromatic rings. The summed E-state index contributed by atoms with van der Waals surface area (Å²) in [6.45, 7) is 2.76. The lowest BCUT2D eigenvalue weighted by atomic mass is 10.0. The Bertz CT molecular complexity index is 1450. The van der Waals surface area contributed by atoms with E-state index in [1.807, 2.05) is 30.3 Å². The highest BCUT2D eigenvalue weighted by atomic mass is 32.2. The molecule has 1 unspecified atom stereocenters. The molecule has 2 aromatic heterocycles. The molecule has 0 radical (unpaired) electrons. The van der Waals surface area contributed by atoms with Crippen LogP contribution in [0.15, 0.2) is 60.8 Å². The summed E-state index contributed by atoms with van der Waals surface area (Å²) in [6.07, 6.45) is 2.07. The second-order valence-corrected chi connectivity index (χ2v) is 9.70. The largest absolute Gasteiger partial charge is 0.487 e. The fourth-order valence-corrected chi connectivity index (χ4v) is 5.47. The molecule has 1 atom stereocenters. The molecule has 2 N–H and O–H groups in total. The van der Waals surface area contributed by atoms with Crippen LogP contribution in [0.4, 0.5) is 10.1 Å². The number of anilines is 1. The molecular weight excluding hydrogens is 493 g/mol. The van der Waals surface area contributed by atoms with Gasteiger partial charge in [0.2, 0.25) is 0 Å². The number of hydrogen-bond donors (Lipinski definition) is 1. The number of benzene rings is 2. The Kier molecular flexibility index (Phi) is 7.41. The lowest BCUT2D eigenvalue weighted by Crippen LogP contribution is -2.07. The van der Waals surface area contributed by atoms with E-state index in [9.17, 15) is 9.18 Å². The maximum Gasteiger partial charge on any atom is 0.306 e. The molecule has 5 rings (SSSR count). The van der Waals surface area contributed by atoms with E-state index in [-0.39, 0.29) is 23.5 Å². The Labute approximate surface area is 218 Å². The topological polar surface area (TPSA) is 96.6 Å².